The minimum absolute atomic E-state index is 0.237. The van der Waals surface area contributed by atoms with Crippen LogP contribution in [-0.2, 0) is 4.74 Å². The van der Waals surface area contributed by atoms with Crippen molar-refractivity contribution < 1.29 is 9.53 Å². The Morgan fingerprint density at radius 3 is 2.42 bits per heavy atom. The molecule has 0 spiro atoms. The van der Waals surface area contributed by atoms with E-state index in [2.05, 4.69) is 0 Å². The summed E-state index contributed by atoms with van der Waals surface area (Å²) in [5.74, 6) is 0.113. The highest BCUT2D eigenvalue weighted by molar-refractivity contribution is 6.36. The zero-order chi connectivity index (χ0) is 25.8. The van der Waals surface area contributed by atoms with Crippen LogP contribution in [0.15, 0.2) is 71.5 Å². The van der Waals surface area contributed by atoms with Gasteiger partial charge in [0.1, 0.15) is 5.82 Å². The van der Waals surface area contributed by atoms with Crippen molar-refractivity contribution in [3.05, 3.63) is 104 Å². The van der Waals surface area contributed by atoms with Gasteiger partial charge in [-0.1, -0.05) is 46.9 Å². The number of benzene rings is 3. The van der Waals surface area contributed by atoms with Gasteiger partial charge in [-0.3, -0.25) is 14.2 Å². The van der Waals surface area contributed by atoms with E-state index in [9.17, 15) is 9.59 Å². The van der Waals surface area contributed by atoms with Crippen LogP contribution < -0.4 is 5.56 Å². The molecule has 0 N–H and O–H groups in total. The second-order valence-corrected chi connectivity index (χ2v) is 9.53. The Kier molecular flexibility index (Phi) is 8.32. The first kappa shape index (κ1) is 26.2. The number of nitrogens with zero attached hydrogens (tertiary/aromatic N) is 3. The summed E-state index contributed by atoms with van der Waals surface area (Å²) in [6.45, 7) is 2.66. The largest absolute Gasteiger partial charge is 0.385 e. The first-order valence-corrected chi connectivity index (χ1v) is 12.5. The smallest absolute Gasteiger partial charge is 0.266 e. The highest BCUT2D eigenvalue weighted by Gasteiger charge is 2.28. The molecule has 1 amide bonds. The van der Waals surface area contributed by atoms with Crippen LogP contribution in [0.5, 0.6) is 0 Å². The number of para-hydroxylation sites is 1. The first-order chi connectivity index (χ1) is 17.3. The van der Waals surface area contributed by atoms with E-state index in [0.717, 1.165) is 0 Å². The number of carbonyl (C=O) groups excluding carboxylic acids is 1. The van der Waals surface area contributed by atoms with Crippen LogP contribution in [-0.4, -0.2) is 40.6 Å². The molecule has 36 heavy (non-hydrogen) atoms. The van der Waals surface area contributed by atoms with Crippen molar-refractivity contribution in [3.8, 4) is 5.69 Å². The van der Waals surface area contributed by atoms with E-state index in [1.54, 1.807) is 66.6 Å². The average Bonchev–Trinajstić information content (AvgIpc) is 2.87. The van der Waals surface area contributed by atoms with Crippen LogP contribution >= 0.6 is 34.8 Å². The Morgan fingerprint density at radius 1 is 1.03 bits per heavy atom. The Bertz CT molecular complexity index is 1450. The summed E-state index contributed by atoms with van der Waals surface area (Å²) < 4.78 is 6.75. The van der Waals surface area contributed by atoms with Crippen LogP contribution in [0, 0.1) is 0 Å². The van der Waals surface area contributed by atoms with Crippen molar-refractivity contribution in [1.29, 1.82) is 0 Å². The van der Waals surface area contributed by atoms with Gasteiger partial charge in [0.05, 0.1) is 33.2 Å². The number of fused-ring (bicyclic) bond motifs is 1. The number of carbonyl (C=O) groups is 1. The van der Waals surface area contributed by atoms with Gasteiger partial charge in [0.25, 0.3) is 11.5 Å². The fourth-order valence-electron chi connectivity index (χ4n) is 4.08. The maximum Gasteiger partial charge on any atom is 0.266 e. The SMILES string of the molecule is COCCCN(C(=O)c1ccc(Cl)cc1Cl)C(C)c1nc2ccccc2c(=O)n1-c1ccc(Cl)cc1. The molecule has 4 rings (SSSR count). The van der Waals surface area contributed by atoms with Crippen LogP contribution in [0.2, 0.25) is 15.1 Å². The van der Waals surface area contributed by atoms with E-state index in [4.69, 9.17) is 44.5 Å². The fourth-order valence-corrected chi connectivity index (χ4v) is 4.69. The molecule has 0 fully saturated rings. The molecule has 1 unspecified atom stereocenters. The van der Waals surface area contributed by atoms with E-state index >= 15 is 0 Å². The zero-order valence-electron chi connectivity index (χ0n) is 19.7. The minimum Gasteiger partial charge on any atom is -0.385 e. The number of amides is 1. The number of hydrogen-bond acceptors (Lipinski definition) is 4. The molecule has 0 saturated carbocycles. The summed E-state index contributed by atoms with van der Waals surface area (Å²) in [5.41, 5.74) is 1.21. The molecule has 6 nitrogen and oxygen atoms in total. The van der Waals surface area contributed by atoms with Crippen molar-refractivity contribution in [1.82, 2.24) is 14.5 Å². The van der Waals surface area contributed by atoms with Gasteiger partial charge in [-0.2, -0.15) is 0 Å². The molecule has 3 aromatic carbocycles. The van der Waals surface area contributed by atoms with Crippen molar-refractivity contribution in [2.75, 3.05) is 20.3 Å². The summed E-state index contributed by atoms with van der Waals surface area (Å²) in [7, 11) is 1.61. The quantitative estimate of drug-likeness (QED) is 0.235. The molecule has 0 radical (unpaired) electrons. The van der Waals surface area contributed by atoms with Gasteiger partial charge >= 0.3 is 0 Å². The van der Waals surface area contributed by atoms with E-state index < -0.39 is 6.04 Å². The monoisotopic (exact) mass is 543 g/mol. The molecule has 0 aliphatic carbocycles. The van der Waals surface area contributed by atoms with Crippen LogP contribution in [0.4, 0.5) is 0 Å². The highest BCUT2D eigenvalue weighted by Crippen LogP contribution is 2.28. The van der Waals surface area contributed by atoms with E-state index in [1.165, 1.54) is 10.6 Å². The third kappa shape index (κ3) is 5.42. The molecule has 186 valence electrons. The van der Waals surface area contributed by atoms with Crippen molar-refractivity contribution in [3.63, 3.8) is 0 Å². The topological polar surface area (TPSA) is 64.4 Å². The average molecular weight is 545 g/mol. The molecule has 1 heterocycles. The predicted molar refractivity (Wildman–Crippen MR) is 145 cm³/mol. The summed E-state index contributed by atoms with van der Waals surface area (Å²) in [6, 6.07) is 18.2. The molecular weight excluding hydrogens is 521 g/mol. The normalized spacial score (nSPS) is 12.0. The number of methoxy groups -OCH3 is 1. The molecule has 4 aromatic rings. The molecule has 1 aromatic heterocycles. The van der Waals surface area contributed by atoms with Crippen molar-refractivity contribution in [2.24, 2.45) is 0 Å². The summed E-state index contributed by atoms with van der Waals surface area (Å²) in [4.78, 5) is 33.9. The summed E-state index contributed by atoms with van der Waals surface area (Å²) in [5, 5.41) is 1.70. The highest BCUT2D eigenvalue weighted by atomic mass is 35.5. The number of ether oxygens (including phenoxy) is 1. The van der Waals surface area contributed by atoms with Crippen LogP contribution in [0.3, 0.4) is 0 Å². The fraction of sp³-hybridized carbons (Fsp3) is 0.222. The number of rotatable bonds is 8. The van der Waals surface area contributed by atoms with Gasteiger partial charge in [0.15, 0.2) is 0 Å². The Balaban J connectivity index is 1.89. The standard InChI is InChI=1S/C27H24Cl3N3O3/c1-17(32(14-5-15-36-2)26(34)21-13-10-19(29)16-23(21)30)25-31-24-7-4-3-6-22(24)27(35)33(25)20-11-8-18(28)9-12-20/h3-4,6-13,16-17H,5,14-15H2,1-2H3. The van der Waals surface area contributed by atoms with Crippen molar-refractivity contribution >= 4 is 51.6 Å². The van der Waals surface area contributed by atoms with E-state index in [-0.39, 0.29) is 16.5 Å². The van der Waals surface area contributed by atoms with Gasteiger partial charge in [-0.25, -0.2) is 4.98 Å². The van der Waals surface area contributed by atoms with Gasteiger partial charge in [0.2, 0.25) is 0 Å². The van der Waals surface area contributed by atoms with Gasteiger partial charge in [0, 0.05) is 30.3 Å². The second kappa shape index (κ2) is 11.4. The maximum atomic E-state index is 13.8. The lowest BCUT2D eigenvalue weighted by atomic mass is 10.1. The first-order valence-electron chi connectivity index (χ1n) is 11.3. The molecule has 0 saturated heterocycles. The minimum atomic E-state index is -0.589. The lowest BCUT2D eigenvalue weighted by Gasteiger charge is -2.31. The molecule has 0 bridgehead atoms. The van der Waals surface area contributed by atoms with Gasteiger partial charge in [-0.15, -0.1) is 0 Å². The summed E-state index contributed by atoms with van der Waals surface area (Å²) >= 11 is 18.5. The van der Waals surface area contributed by atoms with Crippen LogP contribution in [0.25, 0.3) is 16.6 Å². The van der Waals surface area contributed by atoms with E-state index in [0.29, 0.717) is 57.6 Å². The molecule has 9 heteroatoms. The molecular formula is C27H24Cl3N3O3. The molecule has 0 aliphatic rings. The lowest BCUT2D eigenvalue weighted by molar-refractivity contribution is 0.0657. The third-order valence-corrected chi connectivity index (χ3v) is 6.70. The lowest BCUT2D eigenvalue weighted by Crippen LogP contribution is -2.38. The summed E-state index contributed by atoms with van der Waals surface area (Å²) in [6.07, 6.45) is 0.580. The Hall–Kier alpha value is -2.90. The Morgan fingerprint density at radius 2 is 1.72 bits per heavy atom. The maximum absolute atomic E-state index is 13.8. The van der Waals surface area contributed by atoms with Crippen molar-refractivity contribution in [2.45, 2.75) is 19.4 Å². The third-order valence-electron chi connectivity index (χ3n) is 5.90. The second-order valence-electron chi connectivity index (χ2n) is 8.25. The zero-order valence-corrected chi connectivity index (χ0v) is 22.0. The predicted octanol–water partition coefficient (Wildman–Crippen LogP) is 6.59. The Labute approximate surface area is 224 Å². The number of hydrogen-bond donors (Lipinski definition) is 0. The van der Waals surface area contributed by atoms with E-state index in [1.807, 2.05) is 13.0 Å². The van der Waals surface area contributed by atoms with Crippen LogP contribution in [0.1, 0.15) is 35.6 Å². The molecule has 1 atom stereocenters. The van der Waals surface area contributed by atoms with Gasteiger partial charge < -0.3 is 9.64 Å². The number of aromatic nitrogens is 2. The molecule has 0 aliphatic heterocycles. The number of halogens is 3. The van der Waals surface area contributed by atoms with Gasteiger partial charge in [-0.05, 0) is 67.9 Å².